The molecule has 0 bridgehead atoms. The molecule has 1 unspecified atom stereocenters. The number of hydrogen-bond acceptors (Lipinski definition) is 4. The van der Waals surface area contributed by atoms with Gasteiger partial charge in [-0.2, -0.15) is 0 Å². The van der Waals surface area contributed by atoms with E-state index < -0.39 is 12.2 Å². The Morgan fingerprint density at radius 1 is 1.50 bits per heavy atom. The maximum absolute atomic E-state index is 11.0. The quantitative estimate of drug-likeness (QED) is 0.485. The van der Waals surface area contributed by atoms with Crippen LogP contribution in [0.15, 0.2) is 12.7 Å². The van der Waals surface area contributed by atoms with Gasteiger partial charge < -0.3 is 14.9 Å². The standard InChI is InChI=1S/C10H18O4/c1-4-8(11)9(12)6-5-7(2)10(13)14-3/h4,7-9,11-12H,1,5-6H2,2-3H3/t7?,8-,9+/m1/s1. The molecule has 0 saturated carbocycles. The molecule has 0 aromatic carbocycles. The Morgan fingerprint density at radius 3 is 2.50 bits per heavy atom. The molecule has 4 nitrogen and oxygen atoms in total. The maximum Gasteiger partial charge on any atom is 0.308 e. The van der Waals surface area contributed by atoms with Gasteiger partial charge in [-0.05, 0) is 12.8 Å². The second-order valence-electron chi connectivity index (χ2n) is 3.30. The predicted octanol–water partition coefficient (Wildman–Crippen LogP) is 0.483. The maximum atomic E-state index is 11.0. The fourth-order valence-electron chi connectivity index (χ4n) is 1.07. The number of methoxy groups -OCH3 is 1. The van der Waals surface area contributed by atoms with Crippen molar-refractivity contribution < 1.29 is 19.7 Å². The van der Waals surface area contributed by atoms with Crippen molar-refractivity contribution in [3.8, 4) is 0 Å². The van der Waals surface area contributed by atoms with E-state index in [0.29, 0.717) is 12.8 Å². The van der Waals surface area contributed by atoms with Crippen molar-refractivity contribution in [2.24, 2.45) is 5.92 Å². The van der Waals surface area contributed by atoms with Crippen molar-refractivity contribution >= 4 is 5.97 Å². The lowest BCUT2D eigenvalue weighted by Gasteiger charge is -2.15. The van der Waals surface area contributed by atoms with Crippen LogP contribution in [0.1, 0.15) is 19.8 Å². The zero-order chi connectivity index (χ0) is 11.1. The average Bonchev–Trinajstić information content (AvgIpc) is 2.22. The molecule has 0 saturated heterocycles. The Hall–Kier alpha value is -0.870. The molecule has 3 atom stereocenters. The van der Waals surface area contributed by atoms with Gasteiger partial charge in [0.1, 0.15) is 0 Å². The Labute approximate surface area is 84.2 Å². The second-order valence-corrected chi connectivity index (χ2v) is 3.30. The number of esters is 1. The number of carbonyl (C=O) groups excluding carboxylic acids is 1. The smallest absolute Gasteiger partial charge is 0.308 e. The van der Waals surface area contributed by atoms with E-state index in [1.54, 1.807) is 6.92 Å². The van der Waals surface area contributed by atoms with Crippen LogP contribution in [-0.2, 0) is 9.53 Å². The number of aliphatic hydroxyl groups excluding tert-OH is 2. The zero-order valence-electron chi connectivity index (χ0n) is 8.64. The van der Waals surface area contributed by atoms with Gasteiger partial charge in [0.2, 0.25) is 0 Å². The number of hydrogen-bond donors (Lipinski definition) is 2. The largest absolute Gasteiger partial charge is 0.469 e. The lowest BCUT2D eigenvalue weighted by atomic mass is 10.0. The topological polar surface area (TPSA) is 66.8 Å². The highest BCUT2D eigenvalue weighted by atomic mass is 16.5. The fourth-order valence-corrected chi connectivity index (χ4v) is 1.07. The van der Waals surface area contributed by atoms with E-state index in [4.69, 9.17) is 5.11 Å². The molecule has 0 aliphatic carbocycles. The number of aliphatic hydroxyl groups is 2. The first-order valence-corrected chi connectivity index (χ1v) is 4.59. The van der Waals surface area contributed by atoms with Gasteiger partial charge >= 0.3 is 5.97 Å². The molecule has 0 radical (unpaired) electrons. The van der Waals surface area contributed by atoms with Gasteiger partial charge in [0.15, 0.2) is 0 Å². The van der Waals surface area contributed by atoms with Gasteiger partial charge in [0.25, 0.3) is 0 Å². The molecule has 0 heterocycles. The van der Waals surface area contributed by atoms with Crippen LogP contribution >= 0.6 is 0 Å². The summed E-state index contributed by atoms with van der Waals surface area (Å²) < 4.78 is 4.53. The minimum absolute atomic E-state index is 0.258. The first-order chi connectivity index (χ1) is 6.52. The second kappa shape index (κ2) is 6.56. The molecular weight excluding hydrogens is 184 g/mol. The van der Waals surface area contributed by atoms with Crippen LogP contribution in [-0.4, -0.2) is 35.5 Å². The van der Waals surface area contributed by atoms with Crippen molar-refractivity contribution in [1.82, 2.24) is 0 Å². The molecule has 0 spiro atoms. The molecule has 2 N–H and O–H groups in total. The molecule has 0 aliphatic rings. The van der Waals surface area contributed by atoms with Crippen LogP contribution in [0.2, 0.25) is 0 Å². The third kappa shape index (κ3) is 4.39. The summed E-state index contributed by atoms with van der Waals surface area (Å²) in [4.78, 5) is 11.0. The minimum atomic E-state index is -0.931. The third-order valence-corrected chi connectivity index (χ3v) is 2.13. The van der Waals surface area contributed by atoms with Crippen LogP contribution in [0, 0.1) is 5.92 Å². The summed E-state index contributed by atoms with van der Waals surface area (Å²) in [5.41, 5.74) is 0. The molecule has 4 heteroatoms. The molecule has 14 heavy (non-hydrogen) atoms. The van der Waals surface area contributed by atoms with Gasteiger partial charge in [-0.25, -0.2) is 0 Å². The lowest BCUT2D eigenvalue weighted by Crippen LogP contribution is -2.25. The van der Waals surface area contributed by atoms with Crippen molar-refractivity contribution in [2.45, 2.75) is 32.0 Å². The summed E-state index contributed by atoms with van der Waals surface area (Å²) >= 11 is 0. The van der Waals surface area contributed by atoms with E-state index in [0.717, 1.165) is 0 Å². The van der Waals surface area contributed by atoms with Crippen LogP contribution in [0.25, 0.3) is 0 Å². The minimum Gasteiger partial charge on any atom is -0.469 e. The summed E-state index contributed by atoms with van der Waals surface area (Å²) in [7, 11) is 1.33. The number of carbonyl (C=O) groups is 1. The van der Waals surface area contributed by atoms with Gasteiger partial charge in [-0.1, -0.05) is 13.0 Å². The summed E-state index contributed by atoms with van der Waals surface area (Å²) in [6, 6.07) is 0. The molecule has 0 amide bonds. The zero-order valence-corrected chi connectivity index (χ0v) is 8.64. The highest BCUT2D eigenvalue weighted by molar-refractivity contribution is 5.71. The lowest BCUT2D eigenvalue weighted by molar-refractivity contribution is -0.145. The summed E-state index contributed by atoms with van der Waals surface area (Å²) in [6.45, 7) is 5.08. The highest BCUT2D eigenvalue weighted by Gasteiger charge is 2.18. The van der Waals surface area contributed by atoms with Crippen molar-refractivity contribution in [2.75, 3.05) is 7.11 Å². The first kappa shape index (κ1) is 13.1. The van der Waals surface area contributed by atoms with Crippen LogP contribution in [0.5, 0.6) is 0 Å². The molecule has 0 fully saturated rings. The SMILES string of the molecule is C=C[C@@H](O)[C@@H](O)CCC(C)C(=O)OC. The van der Waals surface area contributed by atoms with Crippen LogP contribution in [0.3, 0.4) is 0 Å². The van der Waals surface area contributed by atoms with Gasteiger partial charge in [-0.15, -0.1) is 6.58 Å². The summed E-state index contributed by atoms with van der Waals surface area (Å²) in [5, 5.41) is 18.5. The Balaban J connectivity index is 3.81. The summed E-state index contributed by atoms with van der Waals surface area (Å²) in [6.07, 6.45) is 0.315. The first-order valence-electron chi connectivity index (χ1n) is 4.59. The van der Waals surface area contributed by atoms with E-state index in [2.05, 4.69) is 11.3 Å². The molecule has 82 valence electrons. The van der Waals surface area contributed by atoms with E-state index in [1.165, 1.54) is 13.2 Å². The molecule has 0 aromatic rings. The fraction of sp³-hybridized carbons (Fsp3) is 0.700. The van der Waals surface area contributed by atoms with E-state index >= 15 is 0 Å². The van der Waals surface area contributed by atoms with E-state index in [1.807, 2.05) is 0 Å². The van der Waals surface area contributed by atoms with Gasteiger partial charge in [0, 0.05) is 0 Å². The van der Waals surface area contributed by atoms with Crippen molar-refractivity contribution in [3.63, 3.8) is 0 Å². The summed E-state index contributed by atoms with van der Waals surface area (Å²) in [5.74, 6) is -0.558. The predicted molar refractivity (Wildman–Crippen MR) is 52.6 cm³/mol. The van der Waals surface area contributed by atoms with Crippen molar-refractivity contribution in [3.05, 3.63) is 12.7 Å². The van der Waals surface area contributed by atoms with E-state index in [-0.39, 0.29) is 11.9 Å². The number of rotatable bonds is 6. The monoisotopic (exact) mass is 202 g/mol. The molecule has 0 rings (SSSR count). The average molecular weight is 202 g/mol. The molecular formula is C10H18O4. The molecule has 0 aliphatic heterocycles. The normalized spacial score (nSPS) is 16.9. The Morgan fingerprint density at radius 2 is 2.07 bits per heavy atom. The number of ether oxygens (including phenoxy) is 1. The van der Waals surface area contributed by atoms with Gasteiger partial charge in [-0.3, -0.25) is 4.79 Å². The Bertz CT molecular complexity index is 191. The Kier molecular flexibility index (Phi) is 6.16. The molecule has 0 aromatic heterocycles. The van der Waals surface area contributed by atoms with Crippen LogP contribution in [0.4, 0.5) is 0 Å². The highest BCUT2D eigenvalue weighted by Crippen LogP contribution is 2.11. The van der Waals surface area contributed by atoms with Crippen LogP contribution < -0.4 is 0 Å². The third-order valence-electron chi connectivity index (χ3n) is 2.13. The van der Waals surface area contributed by atoms with Gasteiger partial charge in [0.05, 0.1) is 25.2 Å². The van der Waals surface area contributed by atoms with E-state index in [9.17, 15) is 9.90 Å². The van der Waals surface area contributed by atoms with Crippen molar-refractivity contribution in [1.29, 1.82) is 0 Å².